The summed E-state index contributed by atoms with van der Waals surface area (Å²) in [4.78, 5) is 25.2. The van der Waals surface area contributed by atoms with Crippen LogP contribution in [0, 0.1) is 0 Å². The van der Waals surface area contributed by atoms with Crippen LogP contribution in [0.25, 0.3) is 0 Å². The van der Waals surface area contributed by atoms with E-state index < -0.39 is 5.97 Å². The molecule has 5 heteroatoms. The average Bonchev–Trinajstić information content (AvgIpc) is 2.59. The molecule has 0 unspecified atom stereocenters. The van der Waals surface area contributed by atoms with Gasteiger partial charge in [-0.2, -0.15) is 0 Å². The molecule has 1 aromatic carbocycles. The Bertz CT molecular complexity index is 541. The number of hydrogen-bond donors (Lipinski definition) is 1. The average molecular weight is 333 g/mol. The van der Waals surface area contributed by atoms with Crippen LogP contribution in [0.3, 0.4) is 0 Å². The molecule has 0 saturated carbocycles. The van der Waals surface area contributed by atoms with E-state index in [0.29, 0.717) is 25.9 Å². The summed E-state index contributed by atoms with van der Waals surface area (Å²) < 4.78 is 5.42. The molecule has 1 aromatic rings. The van der Waals surface area contributed by atoms with Gasteiger partial charge >= 0.3 is 5.97 Å². The highest BCUT2D eigenvalue weighted by molar-refractivity contribution is 5.77. The van der Waals surface area contributed by atoms with Gasteiger partial charge in [0, 0.05) is 25.4 Å². The lowest BCUT2D eigenvalue weighted by atomic mass is 9.97. The molecule has 0 bridgehead atoms. The zero-order chi connectivity index (χ0) is 17.4. The Morgan fingerprint density at radius 2 is 1.96 bits per heavy atom. The van der Waals surface area contributed by atoms with Gasteiger partial charge in [0.15, 0.2) is 0 Å². The van der Waals surface area contributed by atoms with Crippen LogP contribution in [-0.2, 0) is 16.0 Å². The molecule has 132 valence electrons. The maximum atomic E-state index is 12.5. The van der Waals surface area contributed by atoms with Crippen LogP contribution in [-0.4, -0.2) is 41.1 Å². The summed E-state index contributed by atoms with van der Waals surface area (Å²) in [5.41, 5.74) is 1.12. The van der Waals surface area contributed by atoms with Gasteiger partial charge in [-0.25, -0.2) is 0 Å². The number of hydrogen-bond acceptors (Lipinski definition) is 3. The number of nitrogens with zero attached hydrogens (tertiary/aromatic N) is 1. The normalized spacial score (nSPS) is 17.5. The molecule has 1 saturated heterocycles. The molecule has 24 heavy (non-hydrogen) atoms. The second-order valence-corrected chi connectivity index (χ2v) is 6.25. The summed E-state index contributed by atoms with van der Waals surface area (Å²) in [6, 6.07) is 7.94. The highest BCUT2D eigenvalue weighted by Gasteiger charge is 2.26. The van der Waals surface area contributed by atoms with Crippen molar-refractivity contribution in [1.82, 2.24) is 4.90 Å². The van der Waals surface area contributed by atoms with Crippen LogP contribution in [0.15, 0.2) is 24.3 Å². The third-order valence-electron chi connectivity index (χ3n) is 4.50. The molecule has 0 aromatic heterocycles. The summed E-state index contributed by atoms with van der Waals surface area (Å²) in [5, 5.41) is 8.87. The standard InChI is InChI=1S/C19H27NO4/c1-2-24-17-10-6-15(7-11-17)8-12-18(21)20-14-4-3-5-16(20)9-13-19(22)23/h6-7,10-11,16H,2-5,8-9,12-14H2,1H3,(H,22,23)/t16-/m0/s1. The van der Waals surface area contributed by atoms with Crippen molar-refractivity contribution in [2.45, 2.75) is 57.9 Å². The van der Waals surface area contributed by atoms with Crippen LogP contribution < -0.4 is 4.74 Å². The Morgan fingerprint density at radius 3 is 2.62 bits per heavy atom. The number of piperidine rings is 1. The Hall–Kier alpha value is -2.04. The fourth-order valence-corrected chi connectivity index (χ4v) is 3.23. The molecule has 1 aliphatic heterocycles. The molecule has 1 N–H and O–H groups in total. The number of carbonyl (C=O) groups excluding carboxylic acids is 1. The minimum absolute atomic E-state index is 0.0858. The van der Waals surface area contributed by atoms with Gasteiger partial charge in [-0.3, -0.25) is 9.59 Å². The summed E-state index contributed by atoms with van der Waals surface area (Å²) in [5.74, 6) is 0.193. The largest absolute Gasteiger partial charge is 0.494 e. The second-order valence-electron chi connectivity index (χ2n) is 6.25. The Balaban J connectivity index is 1.86. The van der Waals surface area contributed by atoms with Gasteiger partial charge in [0.05, 0.1) is 6.61 Å². The zero-order valence-electron chi connectivity index (χ0n) is 14.4. The minimum atomic E-state index is -0.789. The molecule has 1 atom stereocenters. The molecule has 1 heterocycles. The number of likely N-dealkylation sites (tertiary alicyclic amines) is 1. The number of rotatable bonds is 8. The lowest BCUT2D eigenvalue weighted by Gasteiger charge is -2.35. The van der Waals surface area contributed by atoms with E-state index in [1.165, 1.54) is 0 Å². The fraction of sp³-hybridized carbons (Fsp3) is 0.579. The summed E-state index contributed by atoms with van der Waals surface area (Å²) in [6.45, 7) is 3.35. The second kappa shape index (κ2) is 9.30. The maximum absolute atomic E-state index is 12.5. The number of amides is 1. The van der Waals surface area contributed by atoms with Crippen molar-refractivity contribution in [3.05, 3.63) is 29.8 Å². The van der Waals surface area contributed by atoms with Crippen LogP contribution in [0.1, 0.15) is 51.0 Å². The third-order valence-corrected chi connectivity index (χ3v) is 4.50. The highest BCUT2D eigenvalue weighted by Crippen LogP contribution is 2.22. The van der Waals surface area contributed by atoms with Gasteiger partial charge in [0.2, 0.25) is 5.91 Å². The van der Waals surface area contributed by atoms with E-state index >= 15 is 0 Å². The van der Waals surface area contributed by atoms with Crippen LogP contribution in [0.5, 0.6) is 5.75 Å². The van der Waals surface area contributed by atoms with Crippen molar-refractivity contribution < 1.29 is 19.4 Å². The van der Waals surface area contributed by atoms with E-state index in [1.54, 1.807) is 0 Å². The number of ether oxygens (including phenoxy) is 1. The van der Waals surface area contributed by atoms with E-state index in [9.17, 15) is 9.59 Å². The zero-order valence-corrected chi connectivity index (χ0v) is 14.4. The molecule has 2 rings (SSSR count). The number of aliphatic carboxylic acids is 1. The SMILES string of the molecule is CCOc1ccc(CCC(=O)N2CCCC[C@H]2CCC(=O)O)cc1. The Kier molecular flexibility index (Phi) is 7.09. The van der Waals surface area contributed by atoms with Crippen molar-refractivity contribution in [3.8, 4) is 5.75 Å². The van der Waals surface area contributed by atoms with Gasteiger partial charge in [0.25, 0.3) is 0 Å². The first kappa shape index (κ1) is 18.3. The van der Waals surface area contributed by atoms with Crippen LogP contribution in [0.4, 0.5) is 0 Å². The minimum Gasteiger partial charge on any atom is -0.494 e. The number of carbonyl (C=O) groups is 2. The lowest BCUT2D eigenvalue weighted by molar-refractivity contribution is -0.140. The first-order chi connectivity index (χ1) is 11.6. The lowest BCUT2D eigenvalue weighted by Crippen LogP contribution is -2.44. The number of carboxylic acids is 1. The molecular weight excluding hydrogens is 306 g/mol. The predicted octanol–water partition coefficient (Wildman–Crippen LogP) is 3.26. The monoisotopic (exact) mass is 333 g/mol. The molecule has 0 aliphatic carbocycles. The maximum Gasteiger partial charge on any atom is 0.303 e. The molecule has 5 nitrogen and oxygen atoms in total. The summed E-state index contributed by atoms with van der Waals surface area (Å²) in [6.07, 6.45) is 4.87. The van der Waals surface area contributed by atoms with Crippen molar-refractivity contribution in [3.63, 3.8) is 0 Å². The van der Waals surface area contributed by atoms with Crippen molar-refractivity contribution in [1.29, 1.82) is 0 Å². The van der Waals surface area contributed by atoms with Gasteiger partial charge in [-0.05, 0) is 56.7 Å². The molecule has 0 spiro atoms. The molecule has 1 amide bonds. The fourth-order valence-electron chi connectivity index (χ4n) is 3.23. The van der Waals surface area contributed by atoms with Crippen LogP contribution in [0.2, 0.25) is 0 Å². The third kappa shape index (κ3) is 5.55. The van der Waals surface area contributed by atoms with Crippen molar-refractivity contribution in [2.75, 3.05) is 13.2 Å². The quantitative estimate of drug-likeness (QED) is 0.793. The van der Waals surface area contributed by atoms with E-state index in [-0.39, 0.29) is 18.4 Å². The predicted molar refractivity (Wildman–Crippen MR) is 92.2 cm³/mol. The molecule has 1 fully saturated rings. The van der Waals surface area contributed by atoms with Gasteiger partial charge in [-0.1, -0.05) is 12.1 Å². The van der Waals surface area contributed by atoms with Crippen molar-refractivity contribution >= 4 is 11.9 Å². The van der Waals surface area contributed by atoms with E-state index in [4.69, 9.17) is 9.84 Å². The topological polar surface area (TPSA) is 66.8 Å². The van der Waals surface area contributed by atoms with E-state index in [0.717, 1.165) is 37.1 Å². The Morgan fingerprint density at radius 1 is 1.21 bits per heavy atom. The molecule has 1 aliphatic rings. The first-order valence-electron chi connectivity index (χ1n) is 8.83. The number of benzene rings is 1. The highest BCUT2D eigenvalue weighted by atomic mass is 16.5. The van der Waals surface area contributed by atoms with Gasteiger partial charge in [-0.15, -0.1) is 0 Å². The first-order valence-corrected chi connectivity index (χ1v) is 8.83. The summed E-state index contributed by atoms with van der Waals surface area (Å²) >= 11 is 0. The van der Waals surface area contributed by atoms with Crippen molar-refractivity contribution in [2.24, 2.45) is 0 Å². The molecule has 0 radical (unpaired) electrons. The molecular formula is C19H27NO4. The number of carboxylic acid groups (broad SMARTS) is 1. The van der Waals surface area contributed by atoms with E-state index in [2.05, 4.69) is 0 Å². The van der Waals surface area contributed by atoms with Gasteiger partial charge < -0.3 is 14.7 Å². The Labute approximate surface area is 143 Å². The van der Waals surface area contributed by atoms with E-state index in [1.807, 2.05) is 36.1 Å². The van der Waals surface area contributed by atoms with Crippen LogP contribution >= 0.6 is 0 Å². The smallest absolute Gasteiger partial charge is 0.303 e. The number of aryl methyl sites for hydroxylation is 1. The summed E-state index contributed by atoms with van der Waals surface area (Å²) in [7, 11) is 0. The van der Waals surface area contributed by atoms with Gasteiger partial charge in [0.1, 0.15) is 5.75 Å².